The minimum absolute atomic E-state index is 0.0569. The highest BCUT2D eigenvalue weighted by molar-refractivity contribution is 5.21. The minimum Gasteiger partial charge on any atom is -0.312 e. The Morgan fingerprint density at radius 3 is 2.45 bits per heavy atom. The Hall–Kier alpha value is -1.96. The van der Waals surface area contributed by atoms with E-state index in [2.05, 4.69) is 5.32 Å². The molecule has 0 aliphatic carbocycles. The van der Waals surface area contributed by atoms with E-state index in [4.69, 9.17) is 0 Å². The molecule has 20 heavy (non-hydrogen) atoms. The largest absolute Gasteiger partial charge is 0.350 e. The minimum atomic E-state index is -0.853. The Morgan fingerprint density at radius 1 is 1.35 bits per heavy atom. The zero-order chi connectivity index (χ0) is 15.5. The predicted octanol–water partition coefficient (Wildman–Crippen LogP) is 0.233. The van der Waals surface area contributed by atoms with Crippen molar-refractivity contribution in [3.8, 4) is 0 Å². The van der Waals surface area contributed by atoms with Gasteiger partial charge in [-0.3, -0.25) is 24.0 Å². The SMILES string of the molecule is Cn1cc([N+](=O)[O-])c(=O)n(CCCNC(C)(C)C)c1=O. The molecule has 0 aliphatic heterocycles. The Bertz CT molecular complexity index is 609. The summed E-state index contributed by atoms with van der Waals surface area (Å²) < 4.78 is 1.96. The molecular weight excluding hydrogens is 264 g/mol. The van der Waals surface area contributed by atoms with Crippen LogP contribution < -0.4 is 16.6 Å². The summed E-state index contributed by atoms with van der Waals surface area (Å²) in [5.41, 5.74) is -2.04. The highest BCUT2D eigenvalue weighted by atomic mass is 16.6. The van der Waals surface area contributed by atoms with Gasteiger partial charge in [-0.05, 0) is 33.7 Å². The van der Waals surface area contributed by atoms with Crippen LogP contribution in [0.15, 0.2) is 15.8 Å². The summed E-state index contributed by atoms with van der Waals surface area (Å²) in [7, 11) is 1.39. The van der Waals surface area contributed by atoms with Crippen LogP contribution in [-0.4, -0.2) is 26.1 Å². The van der Waals surface area contributed by atoms with Gasteiger partial charge in [0.15, 0.2) is 0 Å². The van der Waals surface area contributed by atoms with Gasteiger partial charge in [0.05, 0.1) is 11.1 Å². The lowest BCUT2D eigenvalue weighted by Gasteiger charge is -2.20. The average molecular weight is 284 g/mol. The first-order valence-corrected chi connectivity index (χ1v) is 6.33. The molecular formula is C12H20N4O4. The van der Waals surface area contributed by atoms with E-state index < -0.39 is 21.9 Å². The molecule has 8 nitrogen and oxygen atoms in total. The Kier molecular flexibility index (Phi) is 4.83. The first-order valence-electron chi connectivity index (χ1n) is 6.33. The van der Waals surface area contributed by atoms with E-state index in [0.29, 0.717) is 13.0 Å². The quantitative estimate of drug-likeness (QED) is 0.474. The first-order chi connectivity index (χ1) is 9.13. The van der Waals surface area contributed by atoms with Crippen LogP contribution in [0, 0.1) is 10.1 Å². The highest BCUT2D eigenvalue weighted by Crippen LogP contribution is 2.00. The first kappa shape index (κ1) is 16.1. The Morgan fingerprint density at radius 2 is 1.95 bits per heavy atom. The van der Waals surface area contributed by atoms with Gasteiger partial charge < -0.3 is 5.32 Å². The van der Waals surface area contributed by atoms with Crippen molar-refractivity contribution >= 4 is 5.69 Å². The summed E-state index contributed by atoms with van der Waals surface area (Å²) in [6.45, 7) is 6.78. The van der Waals surface area contributed by atoms with Crippen molar-refractivity contribution in [1.82, 2.24) is 14.5 Å². The summed E-state index contributed by atoms with van der Waals surface area (Å²) >= 11 is 0. The third-order valence-electron chi connectivity index (χ3n) is 2.72. The van der Waals surface area contributed by atoms with Gasteiger partial charge >= 0.3 is 16.9 Å². The van der Waals surface area contributed by atoms with Gasteiger partial charge in [-0.1, -0.05) is 0 Å². The summed E-state index contributed by atoms with van der Waals surface area (Å²) in [5.74, 6) is 0. The number of hydrogen-bond donors (Lipinski definition) is 1. The number of rotatable bonds is 5. The van der Waals surface area contributed by atoms with Crippen molar-refractivity contribution in [2.45, 2.75) is 39.3 Å². The molecule has 1 aromatic heterocycles. The smallest absolute Gasteiger partial charge is 0.312 e. The second kappa shape index (κ2) is 6.00. The monoisotopic (exact) mass is 284 g/mol. The molecule has 0 radical (unpaired) electrons. The lowest BCUT2D eigenvalue weighted by molar-refractivity contribution is -0.387. The molecule has 0 aromatic carbocycles. The molecule has 112 valence electrons. The van der Waals surface area contributed by atoms with E-state index in [1.54, 1.807) is 0 Å². The zero-order valence-electron chi connectivity index (χ0n) is 12.2. The molecule has 0 unspecified atom stereocenters. The maximum atomic E-state index is 11.9. The van der Waals surface area contributed by atoms with Crippen molar-refractivity contribution in [3.05, 3.63) is 37.1 Å². The molecule has 0 amide bonds. The van der Waals surface area contributed by atoms with Gasteiger partial charge in [-0.25, -0.2) is 4.79 Å². The van der Waals surface area contributed by atoms with Crippen LogP contribution in [0.4, 0.5) is 5.69 Å². The van der Waals surface area contributed by atoms with Crippen molar-refractivity contribution < 1.29 is 4.92 Å². The zero-order valence-corrected chi connectivity index (χ0v) is 12.2. The number of nitro groups is 1. The molecule has 1 rings (SSSR count). The van der Waals surface area contributed by atoms with E-state index in [1.165, 1.54) is 7.05 Å². The number of aryl methyl sites for hydroxylation is 1. The molecule has 0 bridgehead atoms. The lowest BCUT2D eigenvalue weighted by Crippen LogP contribution is -2.41. The molecule has 0 aliphatic rings. The fraction of sp³-hybridized carbons (Fsp3) is 0.667. The van der Waals surface area contributed by atoms with Gasteiger partial charge in [-0.15, -0.1) is 0 Å². The van der Waals surface area contributed by atoms with Gasteiger partial charge in [0.25, 0.3) is 0 Å². The highest BCUT2D eigenvalue weighted by Gasteiger charge is 2.18. The lowest BCUT2D eigenvalue weighted by atomic mass is 10.1. The van der Waals surface area contributed by atoms with Crippen LogP contribution in [-0.2, 0) is 13.6 Å². The third kappa shape index (κ3) is 4.02. The molecule has 1 N–H and O–H groups in total. The molecule has 8 heteroatoms. The second-order valence-corrected chi connectivity index (χ2v) is 5.65. The fourth-order valence-corrected chi connectivity index (χ4v) is 1.73. The number of nitrogens with zero attached hydrogens (tertiary/aromatic N) is 3. The molecule has 1 aromatic rings. The normalized spacial score (nSPS) is 11.6. The van der Waals surface area contributed by atoms with Gasteiger partial charge in [0.1, 0.15) is 0 Å². The average Bonchev–Trinajstić information content (AvgIpc) is 2.31. The van der Waals surface area contributed by atoms with Crippen LogP contribution in [0.1, 0.15) is 27.2 Å². The fourth-order valence-electron chi connectivity index (χ4n) is 1.73. The van der Waals surface area contributed by atoms with Crippen LogP contribution >= 0.6 is 0 Å². The van der Waals surface area contributed by atoms with Crippen molar-refractivity contribution in [3.63, 3.8) is 0 Å². The number of aromatic nitrogens is 2. The maximum Gasteiger partial charge on any atom is 0.350 e. The summed E-state index contributed by atoms with van der Waals surface area (Å²) in [6, 6.07) is 0. The second-order valence-electron chi connectivity index (χ2n) is 5.65. The van der Waals surface area contributed by atoms with Gasteiger partial charge in [0.2, 0.25) is 0 Å². The molecule has 0 fully saturated rings. The third-order valence-corrected chi connectivity index (χ3v) is 2.72. The molecule has 1 heterocycles. The van der Waals surface area contributed by atoms with Crippen molar-refractivity contribution in [2.24, 2.45) is 7.05 Å². The van der Waals surface area contributed by atoms with Gasteiger partial charge in [0, 0.05) is 19.1 Å². The van der Waals surface area contributed by atoms with Gasteiger partial charge in [-0.2, -0.15) is 0 Å². The van der Waals surface area contributed by atoms with E-state index in [-0.39, 0.29) is 12.1 Å². The molecule has 0 saturated carbocycles. The van der Waals surface area contributed by atoms with E-state index in [9.17, 15) is 19.7 Å². The van der Waals surface area contributed by atoms with E-state index >= 15 is 0 Å². The van der Waals surface area contributed by atoms with E-state index in [1.807, 2.05) is 20.8 Å². The van der Waals surface area contributed by atoms with Crippen molar-refractivity contribution in [1.29, 1.82) is 0 Å². The maximum absolute atomic E-state index is 11.9. The number of hydrogen-bond acceptors (Lipinski definition) is 5. The van der Waals surface area contributed by atoms with Crippen LogP contribution in [0.25, 0.3) is 0 Å². The van der Waals surface area contributed by atoms with Crippen LogP contribution in [0.2, 0.25) is 0 Å². The summed E-state index contributed by atoms with van der Waals surface area (Å²) in [5, 5.41) is 14.0. The van der Waals surface area contributed by atoms with Crippen LogP contribution in [0.5, 0.6) is 0 Å². The Labute approximate surface area is 116 Å². The molecule has 0 atom stereocenters. The predicted molar refractivity (Wildman–Crippen MR) is 75.0 cm³/mol. The van der Waals surface area contributed by atoms with E-state index in [0.717, 1.165) is 15.3 Å². The van der Waals surface area contributed by atoms with Crippen molar-refractivity contribution in [2.75, 3.05) is 6.54 Å². The molecule has 0 spiro atoms. The summed E-state index contributed by atoms with van der Waals surface area (Å²) in [4.78, 5) is 33.7. The Balaban J connectivity index is 2.93. The topological polar surface area (TPSA) is 99.2 Å². The number of nitrogens with one attached hydrogen (secondary N) is 1. The molecule has 0 saturated heterocycles. The summed E-state index contributed by atoms with van der Waals surface area (Å²) in [6.07, 6.45) is 1.49. The van der Waals surface area contributed by atoms with Crippen LogP contribution in [0.3, 0.4) is 0 Å². The standard InChI is InChI=1S/C12H20N4O4/c1-12(2,3)13-6-5-7-15-10(17)9(16(19)20)8-14(4)11(15)18/h8,13H,5-7H2,1-4H3.